The lowest BCUT2D eigenvalue weighted by Crippen LogP contribution is -2.37. The van der Waals surface area contributed by atoms with Crippen molar-refractivity contribution in [2.75, 3.05) is 61.6 Å². The molecule has 0 spiro atoms. The van der Waals surface area contributed by atoms with Crippen LogP contribution < -0.4 is 15.1 Å². The Morgan fingerprint density at radius 2 is 1.70 bits per heavy atom. The van der Waals surface area contributed by atoms with Gasteiger partial charge in [-0.2, -0.15) is 0 Å². The SMILES string of the molecule is COC(=O)Nc1cc(C)c(-c2nc(N3CCCCC3)cc(N3CCOCC3)n2)cn1. The third kappa shape index (κ3) is 4.62. The summed E-state index contributed by atoms with van der Waals surface area (Å²) in [5, 5.41) is 2.59. The second kappa shape index (κ2) is 9.25. The number of nitrogens with zero attached hydrogens (tertiary/aromatic N) is 5. The molecule has 9 nitrogen and oxygen atoms in total. The van der Waals surface area contributed by atoms with E-state index in [0.717, 1.165) is 48.9 Å². The zero-order chi connectivity index (χ0) is 20.9. The molecule has 0 aliphatic carbocycles. The molecule has 4 rings (SSSR count). The van der Waals surface area contributed by atoms with E-state index in [0.29, 0.717) is 24.9 Å². The molecule has 2 aliphatic rings. The minimum absolute atomic E-state index is 0.434. The molecule has 0 bridgehead atoms. The number of aromatic nitrogens is 3. The van der Waals surface area contributed by atoms with Crippen LogP contribution >= 0.6 is 0 Å². The highest BCUT2D eigenvalue weighted by Gasteiger charge is 2.20. The summed E-state index contributed by atoms with van der Waals surface area (Å²) in [4.78, 5) is 30.2. The van der Waals surface area contributed by atoms with Gasteiger partial charge in [0.25, 0.3) is 0 Å². The van der Waals surface area contributed by atoms with E-state index in [1.54, 1.807) is 12.3 Å². The van der Waals surface area contributed by atoms with Crippen molar-refractivity contribution in [2.45, 2.75) is 26.2 Å². The zero-order valence-corrected chi connectivity index (χ0v) is 17.6. The fraction of sp³-hybridized carbons (Fsp3) is 0.524. The number of methoxy groups -OCH3 is 1. The molecule has 30 heavy (non-hydrogen) atoms. The molecule has 2 saturated heterocycles. The van der Waals surface area contributed by atoms with E-state index in [4.69, 9.17) is 14.7 Å². The number of morpholine rings is 1. The molecule has 0 aromatic carbocycles. The normalized spacial score (nSPS) is 17.0. The van der Waals surface area contributed by atoms with Gasteiger partial charge in [0.1, 0.15) is 17.5 Å². The maximum atomic E-state index is 11.5. The Bertz CT molecular complexity index is 858. The molecule has 9 heteroatoms. The van der Waals surface area contributed by atoms with Crippen molar-refractivity contribution in [3.63, 3.8) is 0 Å². The summed E-state index contributed by atoms with van der Waals surface area (Å²) in [7, 11) is 1.32. The Morgan fingerprint density at radius 1 is 1.03 bits per heavy atom. The van der Waals surface area contributed by atoms with E-state index in [1.807, 2.05) is 6.92 Å². The molecule has 0 unspecified atom stereocenters. The maximum absolute atomic E-state index is 11.5. The lowest BCUT2D eigenvalue weighted by molar-refractivity contribution is 0.122. The summed E-state index contributed by atoms with van der Waals surface area (Å²) < 4.78 is 10.1. The molecule has 1 amide bonds. The van der Waals surface area contributed by atoms with E-state index >= 15 is 0 Å². The number of aryl methyl sites for hydroxylation is 1. The molecule has 2 aromatic heterocycles. The monoisotopic (exact) mass is 412 g/mol. The van der Waals surface area contributed by atoms with Gasteiger partial charge in [0.2, 0.25) is 0 Å². The standard InChI is InChI=1S/C21H28N6O3/c1-15-12-17(23-21(28)29-2)22-14-16(15)20-24-18(26-6-4-3-5-7-26)13-19(25-20)27-8-10-30-11-9-27/h12-14H,3-11H2,1-2H3,(H,22,23,28). The fourth-order valence-electron chi connectivity index (χ4n) is 3.80. The van der Waals surface area contributed by atoms with Gasteiger partial charge in [0.05, 0.1) is 20.3 Å². The smallest absolute Gasteiger partial charge is 0.412 e. The van der Waals surface area contributed by atoms with Gasteiger partial charge >= 0.3 is 6.09 Å². The topological polar surface area (TPSA) is 92.7 Å². The Hall–Kier alpha value is -2.94. The second-order valence-corrected chi connectivity index (χ2v) is 7.56. The minimum atomic E-state index is -0.549. The molecule has 1 N–H and O–H groups in total. The summed E-state index contributed by atoms with van der Waals surface area (Å²) >= 11 is 0. The molecular formula is C21H28N6O3. The van der Waals surface area contributed by atoms with Crippen LogP contribution in [-0.4, -0.2) is 67.5 Å². The van der Waals surface area contributed by atoms with Crippen LogP contribution in [0.5, 0.6) is 0 Å². The average molecular weight is 412 g/mol. The van der Waals surface area contributed by atoms with Crippen LogP contribution in [0.1, 0.15) is 24.8 Å². The number of hydrogen-bond acceptors (Lipinski definition) is 8. The van der Waals surface area contributed by atoms with E-state index in [1.165, 1.54) is 26.4 Å². The van der Waals surface area contributed by atoms with E-state index in [2.05, 4.69) is 30.9 Å². The summed E-state index contributed by atoms with van der Waals surface area (Å²) in [6, 6.07) is 3.90. The fourth-order valence-corrected chi connectivity index (χ4v) is 3.80. The van der Waals surface area contributed by atoms with E-state index in [-0.39, 0.29) is 0 Å². The van der Waals surface area contributed by atoms with Crippen LogP contribution in [0.4, 0.5) is 22.2 Å². The van der Waals surface area contributed by atoms with Gasteiger partial charge in [0, 0.05) is 44.0 Å². The summed E-state index contributed by atoms with van der Waals surface area (Å²) in [6.45, 7) is 7.02. The number of piperidine rings is 1. The van der Waals surface area contributed by atoms with Crippen molar-refractivity contribution >= 4 is 23.5 Å². The van der Waals surface area contributed by atoms with Crippen LogP contribution in [-0.2, 0) is 9.47 Å². The largest absolute Gasteiger partial charge is 0.453 e. The van der Waals surface area contributed by atoms with Gasteiger partial charge in [-0.15, -0.1) is 0 Å². The van der Waals surface area contributed by atoms with Crippen molar-refractivity contribution in [1.29, 1.82) is 0 Å². The molecule has 0 radical (unpaired) electrons. The first-order valence-corrected chi connectivity index (χ1v) is 10.4. The van der Waals surface area contributed by atoms with E-state index in [9.17, 15) is 4.79 Å². The van der Waals surface area contributed by atoms with Crippen molar-refractivity contribution in [1.82, 2.24) is 15.0 Å². The number of hydrogen-bond donors (Lipinski definition) is 1. The Balaban J connectivity index is 1.69. The average Bonchev–Trinajstić information content (AvgIpc) is 2.80. The predicted octanol–water partition coefficient (Wildman–Crippen LogP) is 2.85. The Labute approximate surface area is 176 Å². The Kier molecular flexibility index (Phi) is 6.27. The zero-order valence-electron chi connectivity index (χ0n) is 17.6. The number of rotatable bonds is 4. The first-order valence-electron chi connectivity index (χ1n) is 10.4. The number of nitrogens with one attached hydrogen (secondary N) is 1. The number of carbonyl (C=O) groups excluding carboxylic acids is 1. The first kappa shape index (κ1) is 20.3. The summed E-state index contributed by atoms with van der Waals surface area (Å²) in [5.74, 6) is 2.95. The van der Waals surface area contributed by atoms with Crippen LogP contribution in [0.15, 0.2) is 18.3 Å². The van der Waals surface area contributed by atoms with Crippen LogP contribution in [0, 0.1) is 6.92 Å². The van der Waals surface area contributed by atoms with Crippen LogP contribution in [0.25, 0.3) is 11.4 Å². The number of ether oxygens (including phenoxy) is 2. The lowest BCUT2D eigenvalue weighted by atomic mass is 10.1. The van der Waals surface area contributed by atoms with Crippen molar-refractivity contribution in [2.24, 2.45) is 0 Å². The van der Waals surface area contributed by atoms with Gasteiger partial charge in [0.15, 0.2) is 5.82 Å². The molecule has 4 heterocycles. The molecular weight excluding hydrogens is 384 g/mol. The first-order chi connectivity index (χ1) is 14.6. The summed E-state index contributed by atoms with van der Waals surface area (Å²) in [5.41, 5.74) is 1.78. The van der Waals surface area contributed by atoms with Crippen molar-refractivity contribution in [3.05, 3.63) is 23.9 Å². The van der Waals surface area contributed by atoms with Crippen molar-refractivity contribution in [3.8, 4) is 11.4 Å². The molecule has 0 saturated carbocycles. The summed E-state index contributed by atoms with van der Waals surface area (Å²) in [6.07, 6.45) is 4.79. The Morgan fingerprint density at radius 3 is 2.33 bits per heavy atom. The minimum Gasteiger partial charge on any atom is -0.453 e. The second-order valence-electron chi connectivity index (χ2n) is 7.56. The predicted molar refractivity (Wildman–Crippen MR) is 115 cm³/mol. The van der Waals surface area contributed by atoms with Gasteiger partial charge in [-0.3, -0.25) is 5.32 Å². The number of pyridine rings is 1. The number of carbonyl (C=O) groups is 1. The number of anilines is 3. The highest BCUT2D eigenvalue weighted by atomic mass is 16.5. The van der Waals surface area contributed by atoms with E-state index < -0.39 is 6.09 Å². The molecule has 0 atom stereocenters. The van der Waals surface area contributed by atoms with Crippen LogP contribution in [0.3, 0.4) is 0 Å². The van der Waals surface area contributed by atoms with Crippen molar-refractivity contribution < 1.29 is 14.3 Å². The maximum Gasteiger partial charge on any atom is 0.412 e. The van der Waals surface area contributed by atoms with Gasteiger partial charge in [-0.05, 0) is 37.8 Å². The third-order valence-electron chi connectivity index (χ3n) is 5.48. The molecule has 160 valence electrons. The van der Waals surface area contributed by atoms with Gasteiger partial charge in [-0.1, -0.05) is 0 Å². The van der Waals surface area contributed by atoms with Crippen LogP contribution in [0.2, 0.25) is 0 Å². The van der Waals surface area contributed by atoms with Gasteiger partial charge < -0.3 is 19.3 Å². The lowest BCUT2D eigenvalue weighted by Gasteiger charge is -2.31. The van der Waals surface area contributed by atoms with Gasteiger partial charge in [-0.25, -0.2) is 19.7 Å². The number of amides is 1. The quantitative estimate of drug-likeness (QED) is 0.820. The molecule has 2 fully saturated rings. The highest BCUT2D eigenvalue weighted by molar-refractivity contribution is 5.83. The molecule has 2 aromatic rings. The molecule has 2 aliphatic heterocycles. The third-order valence-corrected chi connectivity index (χ3v) is 5.48. The highest BCUT2D eigenvalue weighted by Crippen LogP contribution is 2.29.